The van der Waals surface area contributed by atoms with Crippen molar-refractivity contribution in [1.29, 1.82) is 0 Å². The maximum absolute atomic E-state index is 11.5. The van der Waals surface area contributed by atoms with Crippen molar-refractivity contribution in [3.63, 3.8) is 0 Å². The van der Waals surface area contributed by atoms with Crippen LogP contribution in [0.5, 0.6) is 0 Å². The molecule has 1 aliphatic heterocycles. The molecule has 1 aliphatic rings. The minimum atomic E-state index is -0.103. The first-order valence-electron chi connectivity index (χ1n) is 5.95. The average Bonchev–Trinajstić information content (AvgIpc) is 2.35. The summed E-state index contributed by atoms with van der Waals surface area (Å²) >= 11 is 0. The van der Waals surface area contributed by atoms with Crippen molar-refractivity contribution in [3.05, 3.63) is 0 Å². The second-order valence-electron chi connectivity index (χ2n) is 4.41. The molecule has 0 radical (unpaired) electrons. The standard InChI is InChI=1S/C11H23N3O2/c1-4-10-7-16-6-5-14(10)9(3)8(2)11(15)13-12/h8-10H,4-7,12H2,1-3H3,(H,13,15). The molecule has 0 aromatic heterocycles. The predicted octanol–water partition coefficient (Wildman–Crippen LogP) is 0.112. The number of nitrogens with one attached hydrogen (secondary N) is 1. The van der Waals surface area contributed by atoms with Crippen molar-refractivity contribution in [3.8, 4) is 0 Å². The van der Waals surface area contributed by atoms with Crippen molar-refractivity contribution in [2.45, 2.75) is 39.3 Å². The maximum Gasteiger partial charge on any atom is 0.238 e. The quantitative estimate of drug-likeness (QED) is 0.408. The Bertz CT molecular complexity index is 235. The van der Waals surface area contributed by atoms with E-state index < -0.39 is 0 Å². The SMILES string of the molecule is CCC1COCCN1C(C)C(C)C(=O)NN. The molecular formula is C11H23N3O2. The molecule has 1 fully saturated rings. The fourth-order valence-corrected chi connectivity index (χ4v) is 2.19. The highest BCUT2D eigenvalue weighted by Gasteiger charge is 2.31. The zero-order chi connectivity index (χ0) is 12.1. The number of hydrogen-bond acceptors (Lipinski definition) is 4. The number of rotatable bonds is 4. The van der Waals surface area contributed by atoms with Crippen LogP contribution in [0.2, 0.25) is 0 Å². The van der Waals surface area contributed by atoms with Gasteiger partial charge in [0.2, 0.25) is 5.91 Å². The molecule has 0 aliphatic carbocycles. The van der Waals surface area contributed by atoms with Crippen LogP contribution in [0, 0.1) is 5.92 Å². The average molecular weight is 229 g/mol. The summed E-state index contributed by atoms with van der Waals surface area (Å²) in [6.45, 7) is 8.53. The number of ether oxygens (including phenoxy) is 1. The smallest absolute Gasteiger partial charge is 0.238 e. The lowest BCUT2D eigenvalue weighted by molar-refractivity contribution is -0.128. The van der Waals surface area contributed by atoms with Crippen LogP contribution in [0.3, 0.4) is 0 Å². The molecule has 0 aromatic rings. The fourth-order valence-electron chi connectivity index (χ4n) is 2.19. The van der Waals surface area contributed by atoms with Crippen molar-refractivity contribution in [2.75, 3.05) is 19.8 Å². The summed E-state index contributed by atoms with van der Waals surface area (Å²) in [6.07, 6.45) is 1.04. The van der Waals surface area contributed by atoms with Gasteiger partial charge in [0.25, 0.3) is 0 Å². The summed E-state index contributed by atoms with van der Waals surface area (Å²) in [5.41, 5.74) is 2.22. The molecule has 0 saturated carbocycles. The van der Waals surface area contributed by atoms with Crippen LogP contribution in [-0.4, -0.2) is 42.6 Å². The third-order valence-corrected chi connectivity index (χ3v) is 3.55. The number of morpholine rings is 1. The molecule has 0 bridgehead atoms. The van der Waals surface area contributed by atoms with E-state index in [0.29, 0.717) is 6.04 Å². The van der Waals surface area contributed by atoms with Gasteiger partial charge in [-0.05, 0) is 13.3 Å². The molecule has 1 heterocycles. The molecule has 0 aromatic carbocycles. The Kier molecular flexibility index (Phi) is 5.18. The molecule has 5 heteroatoms. The minimum Gasteiger partial charge on any atom is -0.378 e. The number of nitrogens with zero attached hydrogens (tertiary/aromatic N) is 1. The molecule has 3 N–H and O–H groups in total. The molecule has 1 saturated heterocycles. The summed E-state index contributed by atoms with van der Waals surface area (Å²) in [7, 11) is 0. The lowest BCUT2D eigenvalue weighted by Crippen LogP contribution is -2.54. The van der Waals surface area contributed by atoms with Gasteiger partial charge in [0.1, 0.15) is 0 Å². The van der Waals surface area contributed by atoms with Crippen LogP contribution < -0.4 is 11.3 Å². The number of hydrazine groups is 1. The fraction of sp³-hybridized carbons (Fsp3) is 0.909. The maximum atomic E-state index is 11.5. The van der Waals surface area contributed by atoms with Gasteiger partial charge < -0.3 is 4.74 Å². The summed E-state index contributed by atoms with van der Waals surface area (Å²) < 4.78 is 5.45. The Morgan fingerprint density at radius 3 is 2.88 bits per heavy atom. The predicted molar refractivity (Wildman–Crippen MR) is 62.6 cm³/mol. The highest BCUT2D eigenvalue weighted by atomic mass is 16.5. The number of amides is 1. The zero-order valence-corrected chi connectivity index (χ0v) is 10.4. The summed E-state index contributed by atoms with van der Waals surface area (Å²) in [5, 5.41) is 0. The Morgan fingerprint density at radius 2 is 2.31 bits per heavy atom. The number of nitrogens with two attached hydrogens (primary N) is 1. The molecule has 5 nitrogen and oxygen atoms in total. The van der Waals surface area contributed by atoms with Crippen LogP contribution in [0.4, 0.5) is 0 Å². The van der Waals surface area contributed by atoms with Gasteiger partial charge in [0, 0.05) is 18.6 Å². The van der Waals surface area contributed by atoms with Crippen LogP contribution in [-0.2, 0) is 9.53 Å². The van der Waals surface area contributed by atoms with Gasteiger partial charge in [-0.15, -0.1) is 0 Å². The van der Waals surface area contributed by atoms with Gasteiger partial charge in [-0.3, -0.25) is 15.1 Å². The minimum absolute atomic E-state index is 0.0999. The Morgan fingerprint density at radius 1 is 1.62 bits per heavy atom. The van der Waals surface area contributed by atoms with Gasteiger partial charge >= 0.3 is 0 Å². The van der Waals surface area contributed by atoms with Crippen LogP contribution in [0.25, 0.3) is 0 Å². The van der Waals surface area contributed by atoms with E-state index in [0.717, 1.165) is 26.2 Å². The Hall–Kier alpha value is -0.650. The second-order valence-corrected chi connectivity index (χ2v) is 4.41. The van der Waals surface area contributed by atoms with Gasteiger partial charge in [-0.2, -0.15) is 0 Å². The summed E-state index contributed by atoms with van der Waals surface area (Å²) in [5.74, 6) is 4.96. The van der Waals surface area contributed by atoms with Crippen molar-refractivity contribution in [2.24, 2.45) is 11.8 Å². The highest BCUT2D eigenvalue weighted by Crippen LogP contribution is 2.19. The zero-order valence-electron chi connectivity index (χ0n) is 10.4. The third-order valence-electron chi connectivity index (χ3n) is 3.55. The molecule has 16 heavy (non-hydrogen) atoms. The van der Waals surface area contributed by atoms with Crippen molar-refractivity contribution < 1.29 is 9.53 Å². The highest BCUT2D eigenvalue weighted by molar-refractivity contribution is 5.78. The summed E-state index contributed by atoms with van der Waals surface area (Å²) in [6, 6.07) is 0.606. The van der Waals surface area contributed by atoms with E-state index in [9.17, 15) is 4.79 Å². The topological polar surface area (TPSA) is 67.6 Å². The van der Waals surface area contributed by atoms with Crippen LogP contribution in [0.1, 0.15) is 27.2 Å². The molecule has 3 atom stereocenters. The first-order chi connectivity index (χ1) is 7.61. The monoisotopic (exact) mass is 229 g/mol. The summed E-state index contributed by atoms with van der Waals surface area (Å²) in [4.78, 5) is 13.8. The molecule has 0 spiro atoms. The van der Waals surface area contributed by atoms with Gasteiger partial charge in [0.15, 0.2) is 0 Å². The normalized spacial score (nSPS) is 26.1. The second kappa shape index (κ2) is 6.18. The molecule has 1 amide bonds. The number of hydrogen-bond donors (Lipinski definition) is 2. The van der Waals surface area contributed by atoms with E-state index in [1.807, 2.05) is 6.92 Å². The van der Waals surface area contributed by atoms with E-state index in [1.165, 1.54) is 0 Å². The number of carbonyl (C=O) groups is 1. The Labute approximate surface area is 97.3 Å². The first-order valence-corrected chi connectivity index (χ1v) is 5.95. The third kappa shape index (κ3) is 2.93. The van der Waals surface area contributed by atoms with E-state index in [-0.39, 0.29) is 17.9 Å². The van der Waals surface area contributed by atoms with Gasteiger partial charge in [-0.25, -0.2) is 5.84 Å². The lowest BCUT2D eigenvalue weighted by atomic mass is 9.98. The molecule has 3 unspecified atom stereocenters. The molecule has 94 valence electrons. The van der Waals surface area contributed by atoms with E-state index >= 15 is 0 Å². The largest absolute Gasteiger partial charge is 0.378 e. The molecular weight excluding hydrogens is 206 g/mol. The number of carbonyl (C=O) groups excluding carboxylic acids is 1. The van der Waals surface area contributed by atoms with Gasteiger partial charge in [-0.1, -0.05) is 13.8 Å². The lowest BCUT2D eigenvalue weighted by Gasteiger charge is -2.41. The van der Waals surface area contributed by atoms with E-state index in [4.69, 9.17) is 10.6 Å². The van der Waals surface area contributed by atoms with E-state index in [2.05, 4.69) is 24.2 Å². The first kappa shape index (κ1) is 13.4. The van der Waals surface area contributed by atoms with Gasteiger partial charge in [0.05, 0.1) is 19.1 Å². The molecule has 1 rings (SSSR count). The van der Waals surface area contributed by atoms with Crippen LogP contribution >= 0.6 is 0 Å². The van der Waals surface area contributed by atoms with Crippen molar-refractivity contribution >= 4 is 5.91 Å². The van der Waals surface area contributed by atoms with Crippen LogP contribution in [0.15, 0.2) is 0 Å². The van der Waals surface area contributed by atoms with Crippen molar-refractivity contribution in [1.82, 2.24) is 10.3 Å². The Balaban J connectivity index is 2.62. The van der Waals surface area contributed by atoms with E-state index in [1.54, 1.807) is 0 Å².